The van der Waals surface area contributed by atoms with E-state index in [1.165, 1.54) is 0 Å². The van der Waals surface area contributed by atoms with Crippen molar-refractivity contribution in [2.24, 2.45) is 0 Å². The van der Waals surface area contributed by atoms with Crippen molar-refractivity contribution in [2.45, 2.75) is 18.6 Å². The molecule has 0 aliphatic carbocycles. The Balaban J connectivity index is 2.29. The van der Waals surface area contributed by atoms with Gasteiger partial charge in [0.25, 0.3) is 0 Å². The van der Waals surface area contributed by atoms with Crippen LogP contribution < -0.4 is 10.1 Å². The van der Waals surface area contributed by atoms with Gasteiger partial charge in [0.05, 0.1) is 21.4 Å². The third-order valence-electron chi connectivity index (χ3n) is 3.76. The van der Waals surface area contributed by atoms with Gasteiger partial charge in [0, 0.05) is 6.42 Å². The van der Waals surface area contributed by atoms with Gasteiger partial charge in [-0.05, 0) is 120 Å². The van der Waals surface area contributed by atoms with Crippen LogP contribution in [0.15, 0.2) is 24.3 Å². The molecule has 0 unspecified atom stereocenters. The number of rotatable bonds is 6. The van der Waals surface area contributed by atoms with E-state index in [0.717, 1.165) is 7.11 Å². The quantitative estimate of drug-likeness (QED) is 0.302. The average Bonchev–Trinajstić information content (AvgIpc) is 2.66. The molecule has 31 heavy (non-hydrogen) atoms. The Kier molecular flexibility index (Phi) is 9.74. The maximum absolute atomic E-state index is 12.6. The number of hydrogen-bond acceptors (Lipinski definition) is 5. The molecule has 1 atom stereocenters. The highest BCUT2D eigenvalue weighted by molar-refractivity contribution is 14.1. The Hall–Kier alpha value is -0.310. The number of amides is 1. The molecule has 2 aromatic carbocycles. The lowest BCUT2D eigenvalue weighted by Crippen LogP contribution is -2.48. The number of halogens is 7. The lowest BCUT2D eigenvalue weighted by atomic mass is 10.1. The zero-order valence-corrected chi connectivity index (χ0v) is 23.9. The first-order valence-corrected chi connectivity index (χ1v) is 12.4. The van der Waals surface area contributed by atoms with Crippen molar-refractivity contribution in [3.63, 3.8) is 0 Å². The first-order valence-electron chi connectivity index (χ1n) is 8.12. The molecule has 2 rings (SSSR count). The molecule has 0 radical (unpaired) electrons. The normalized spacial score (nSPS) is 12.3. The smallest absolute Gasteiger partial charge is 0.471 e. The molecule has 0 fully saturated rings. The lowest BCUT2D eigenvalue weighted by molar-refractivity contribution is -0.175. The van der Waals surface area contributed by atoms with Crippen molar-refractivity contribution < 1.29 is 37.3 Å². The predicted octanol–water partition coefficient (Wildman–Crippen LogP) is 5.37. The number of phenolic OH excluding ortho intramolecular Hbond substituents is 1. The fraction of sp³-hybridized carbons (Fsp3) is 0.222. The topological polar surface area (TPSA) is 84.9 Å². The molecule has 0 bridgehead atoms. The summed E-state index contributed by atoms with van der Waals surface area (Å²) >= 11 is 7.98. The highest BCUT2D eigenvalue weighted by Crippen LogP contribution is 2.37. The Morgan fingerprint density at radius 2 is 1.55 bits per heavy atom. The van der Waals surface area contributed by atoms with E-state index in [2.05, 4.69) is 4.74 Å². The summed E-state index contributed by atoms with van der Waals surface area (Å²) in [6.45, 7) is 0. The van der Waals surface area contributed by atoms with Crippen molar-refractivity contribution in [3.8, 4) is 17.2 Å². The van der Waals surface area contributed by atoms with Crippen LogP contribution in [0.1, 0.15) is 5.56 Å². The van der Waals surface area contributed by atoms with E-state index in [9.17, 15) is 27.9 Å². The number of nitrogens with one attached hydrogen (secondary N) is 1. The molecule has 1 amide bonds. The lowest BCUT2D eigenvalue weighted by Gasteiger charge is -2.19. The van der Waals surface area contributed by atoms with Crippen LogP contribution in [0.25, 0.3) is 0 Å². The average molecular weight is 887 g/mol. The third-order valence-corrected chi connectivity index (χ3v) is 7.00. The minimum Gasteiger partial charge on any atom is -0.506 e. The highest BCUT2D eigenvalue weighted by atomic mass is 127. The number of carbonyl (C=O) groups excluding carboxylic acids is 2. The van der Waals surface area contributed by atoms with E-state index in [-0.39, 0.29) is 12.2 Å². The molecule has 2 N–H and O–H groups in total. The van der Waals surface area contributed by atoms with Gasteiger partial charge in [0.1, 0.15) is 17.5 Å². The van der Waals surface area contributed by atoms with Crippen LogP contribution in [-0.4, -0.2) is 36.3 Å². The van der Waals surface area contributed by atoms with Gasteiger partial charge < -0.3 is 19.9 Å². The summed E-state index contributed by atoms with van der Waals surface area (Å²) in [6, 6.07) is 5.11. The molecule has 0 heterocycles. The molecule has 0 aromatic heterocycles. The van der Waals surface area contributed by atoms with E-state index >= 15 is 0 Å². The van der Waals surface area contributed by atoms with E-state index in [4.69, 9.17) is 4.74 Å². The predicted molar refractivity (Wildman–Crippen MR) is 139 cm³/mol. The monoisotopic (exact) mass is 887 g/mol. The van der Waals surface area contributed by atoms with Gasteiger partial charge in [-0.15, -0.1) is 0 Å². The largest absolute Gasteiger partial charge is 0.506 e. The van der Waals surface area contributed by atoms with Crippen LogP contribution in [0.4, 0.5) is 13.2 Å². The maximum Gasteiger partial charge on any atom is 0.471 e. The van der Waals surface area contributed by atoms with Crippen LogP contribution in [0.5, 0.6) is 17.2 Å². The summed E-state index contributed by atoms with van der Waals surface area (Å²) in [5.41, 5.74) is 0.508. The molecule has 0 saturated heterocycles. The van der Waals surface area contributed by atoms with Crippen molar-refractivity contribution >= 4 is 102 Å². The first-order chi connectivity index (χ1) is 14.3. The van der Waals surface area contributed by atoms with Crippen molar-refractivity contribution in [2.75, 3.05) is 7.11 Å². The van der Waals surface area contributed by atoms with Crippen LogP contribution >= 0.6 is 90.4 Å². The minimum absolute atomic E-state index is 0.156. The SMILES string of the molecule is COC(=O)[C@H](Cc1cc(I)c(Oc2cc(I)c(O)c(I)c2)c(I)c1)NC(=O)C(F)(F)F. The molecule has 0 aliphatic heterocycles. The van der Waals surface area contributed by atoms with E-state index in [1.807, 2.05) is 90.4 Å². The molecule has 13 heteroatoms. The molecular formula is C18H12F3I4NO5. The number of aromatic hydroxyl groups is 1. The minimum atomic E-state index is -5.12. The van der Waals surface area contributed by atoms with Gasteiger partial charge in [-0.1, -0.05) is 0 Å². The summed E-state index contributed by atoms with van der Waals surface area (Å²) in [7, 11) is 1.03. The molecule has 0 saturated carbocycles. The van der Waals surface area contributed by atoms with Gasteiger partial charge >= 0.3 is 18.1 Å². The molecular weight excluding hydrogens is 875 g/mol. The number of ether oxygens (including phenoxy) is 2. The Morgan fingerprint density at radius 3 is 2.00 bits per heavy atom. The molecule has 2 aromatic rings. The Morgan fingerprint density at radius 1 is 1.03 bits per heavy atom. The van der Waals surface area contributed by atoms with E-state index in [1.54, 1.807) is 29.6 Å². The number of carbonyl (C=O) groups is 2. The van der Waals surface area contributed by atoms with Crippen LogP contribution in [0.2, 0.25) is 0 Å². The fourth-order valence-corrected chi connectivity index (χ4v) is 6.19. The second-order valence-corrected chi connectivity index (χ2v) is 10.6. The molecule has 6 nitrogen and oxygen atoms in total. The number of hydrogen-bond donors (Lipinski definition) is 2. The summed E-state index contributed by atoms with van der Waals surface area (Å²) in [4.78, 5) is 23.2. The zero-order chi connectivity index (χ0) is 23.5. The summed E-state index contributed by atoms with van der Waals surface area (Å²) in [6.07, 6.45) is -5.32. The number of methoxy groups -OCH3 is 1. The molecule has 0 aliphatic rings. The van der Waals surface area contributed by atoms with Crippen LogP contribution in [-0.2, 0) is 20.7 Å². The van der Waals surface area contributed by atoms with Crippen molar-refractivity contribution in [1.29, 1.82) is 0 Å². The van der Waals surface area contributed by atoms with Crippen LogP contribution in [0.3, 0.4) is 0 Å². The first kappa shape index (κ1) is 26.9. The molecule has 0 spiro atoms. The maximum atomic E-state index is 12.6. The van der Waals surface area contributed by atoms with Gasteiger partial charge in [0.2, 0.25) is 0 Å². The molecule has 168 valence electrons. The van der Waals surface area contributed by atoms with Crippen LogP contribution in [0, 0.1) is 14.3 Å². The number of benzene rings is 2. The second-order valence-electron chi connectivity index (χ2n) is 5.98. The number of phenols is 1. The second kappa shape index (κ2) is 11.2. The zero-order valence-electron chi connectivity index (χ0n) is 15.3. The van der Waals surface area contributed by atoms with Gasteiger partial charge in [0.15, 0.2) is 5.75 Å². The number of esters is 1. The van der Waals surface area contributed by atoms with Gasteiger partial charge in [-0.3, -0.25) is 4.79 Å². The van der Waals surface area contributed by atoms with E-state index < -0.39 is 24.1 Å². The fourth-order valence-electron chi connectivity index (χ4n) is 2.36. The standard InChI is InChI=1S/C18H12F3I4NO5/c1-30-16(28)13(26-17(29)18(19,20)21)4-7-2-11(24)15(12(25)3-7)31-8-5-9(22)14(27)10(23)6-8/h2-3,5-6,13,27H,4H2,1H3,(H,26,29)/t13-/m0/s1. The number of alkyl halides is 3. The van der Waals surface area contributed by atoms with Crippen molar-refractivity contribution in [3.05, 3.63) is 44.1 Å². The summed E-state index contributed by atoms with van der Waals surface area (Å²) in [5, 5.41) is 11.6. The Bertz CT molecular complexity index is 970. The van der Waals surface area contributed by atoms with E-state index in [0.29, 0.717) is 31.3 Å². The summed E-state index contributed by atoms with van der Waals surface area (Å²) in [5.74, 6) is -2.04. The summed E-state index contributed by atoms with van der Waals surface area (Å²) < 4.78 is 50.7. The van der Waals surface area contributed by atoms with Gasteiger partial charge in [-0.2, -0.15) is 13.2 Å². The highest BCUT2D eigenvalue weighted by Gasteiger charge is 2.41. The van der Waals surface area contributed by atoms with Crippen molar-refractivity contribution in [1.82, 2.24) is 5.32 Å². The Labute approximate surface area is 229 Å². The third kappa shape index (κ3) is 7.34. The van der Waals surface area contributed by atoms with Gasteiger partial charge in [-0.25, -0.2) is 4.79 Å².